The quantitative estimate of drug-likeness (QED) is 0.387. The Bertz CT molecular complexity index is 1320. The zero-order valence-electron chi connectivity index (χ0n) is 22.2. The molecule has 2 N–H and O–H groups in total. The average Bonchev–Trinajstić information content (AvgIpc) is 2.93. The van der Waals surface area contributed by atoms with Crippen LogP contribution in [0, 0.1) is 0 Å². The molecule has 0 saturated carbocycles. The Balaban J connectivity index is 1.58. The Morgan fingerprint density at radius 3 is 2.24 bits per heavy atom. The van der Waals surface area contributed by atoms with Gasteiger partial charge in [-0.2, -0.15) is 0 Å². The molecule has 1 aliphatic heterocycles. The molecule has 38 heavy (non-hydrogen) atoms. The second-order valence-corrected chi connectivity index (χ2v) is 11.1. The van der Waals surface area contributed by atoms with Crippen LogP contribution in [-0.4, -0.2) is 47.6 Å². The van der Waals surface area contributed by atoms with Crippen LogP contribution in [0.1, 0.15) is 38.3 Å². The molecular formula is C29H36N4O4S. The molecule has 202 valence electrons. The van der Waals surface area contributed by atoms with E-state index < -0.39 is 16.1 Å². The van der Waals surface area contributed by atoms with Crippen LogP contribution in [0.15, 0.2) is 77.7 Å². The zero-order chi connectivity index (χ0) is 27.1. The SMILES string of the molecule is CCCC(=O)Nc1ccc(N2CCN(c3ccc(OC)cc3)CC2)c(S(=O)(=O)N[C@H](C)c2ccccc2)c1. The molecule has 1 amide bonds. The van der Waals surface area contributed by atoms with Crippen LogP contribution >= 0.6 is 0 Å². The number of nitrogens with zero attached hydrogens (tertiary/aromatic N) is 2. The first-order valence-electron chi connectivity index (χ1n) is 13.0. The molecule has 1 heterocycles. The number of hydrogen-bond acceptors (Lipinski definition) is 6. The molecule has 0 aliphatic carbocycles. The van der Waals surface area contributed by atoms with E-state index in [1.54, 1.807) is 25.3 Å². The first-order chi connectivity index (χ1) is 18.3. The number of benzene rings is 3. The van der Waals surface area contributed by atoms with Gasteiger partial charge in [0.25, 0.3) is 0 Å². The van der Waals surface area contributed by atoms with Gasteiger partial charge in [-0.05, 0) is 61.4 Å². The summed E-state index contributed by atoms with van der Waals surface area (Å²) in [6, 6.07) is 22.1. The first kappa shape index (κ1) is 27.5. The van der Waals surface area contributed by atoms with E-state index in [1.807, 2.05) is 68.4 Å². The standard InChI is InChI=1S/C29H36N4O4S/c1-4-8-29(34)30-24-11-16-27(28(21-24)38(35,36)31-22(2)23-9-6-5-7-10-23)33-19-17-32(18-20-33)25-12-14-26(37-3)15-13-25/h5-7,9-16,21-22,31H,4,8,17-20H2,1-3H3,(H,30,34)/t22-/m1/s1. The summed E-state index contributed by atoms with van der Waals surface area (Å²) in [5, 5.41) is 2.84. The number of rotatable bonds is 10. The van der Waals surface area contributed by atoms with Gasteiger partial charge in [0.15, 0.2) is 0 Å². The van der Waals surface area contributed by atoms with Crippen LogP contribution in [-0.2, 0) is 14.8 Å². The number of nitrogens with one attached hydrogen (secondary N) is 2. The number of carbonyl (C=O) groups is 1. The maximum absolute atomic E-state index is 13.7. The van der Waals surface area contributed by atoms with E-state index in [2.05, 4.69) is 19.8 Å². The third kappa shape index (κ3) is 6.65. The van der Waals surface area contributed by atoms with Gasteiger partial charge in [-0.25, -0.2) is 13.1 Å². The minimum Gasteiger partial charge on any atom is -0.497 e. The first-order valence-corrected chi connectivity index (χ1v) is 14.4. The summed E-state index contributed by atoms with van der Waals surface area (Å²) < 4.78 is 35.5. The fraction of sp³-hybridized carbons (Fsp3) is 0.345. The van der Waals surface area contributed by atoms with Gasteiger partial charge >= 0.3 is 0 Å². The zero-order valence-corrected chi connectivity index (χ0v) is 23.0. The number of ether oxygens (including phenoxy) is 1. The van der Waals surface area contributed by atoms with Crippen molar-refractivity contribution in [3.8, 4) is 5.75 Å². The predicted octanol–water partition coefficient (Wildman–Crippen LogP) is 4.80. The largest absolute Gasteiger partial charge is 0.497 e. The lowest BCUT2D eigenvalue weighted by atomic mass is 10.1. The summed E-state index contributed by atoms with van der Waals surface area (Å²) in [5.74, 6) is 0.674. The van der Waals surface area contributed by atoms with Crippen molar-refractivity contribution < 1.29 is 17.9 Å². The van der Waals surface area contributed by atoms with Crippen molar-refractivity contribution in [3.05, 3.63) is 78.4 Å². The highest BCUT2D eigenvalue weighted by Gasteiger charge is 2.27. The summed E-state index contributed by atoms with van der Waals surface area (Å²) in [4.78, 5) is 16.8. The number of methoxy groups -OCH3 is 1. The van der Waals surface area contributed by atoms with E-state index in [0.29, 0.717) is 37.3 Å². The molecule has 4 rings (SSSR count). The van der Waals surface area contributed by atoms with Gasteiger partial charge in [-0.15, -0.1) is 0 Å². The highest BCUT2D eigenvalue weighted by molar-refractivity contribution is 7.89. The summed E-state index contributed by atoms with van der Waals surface area (Å²) in [6.45, 7) is 6.56. The molecule has 0 spiro atoms. The average molecular weight is 537 g/mol. The smallest absolute Gasteiger partial charge is 0.243 e. The van der Waals surface area contributed by atoms with Crippen LogP contribution < -0.4 is 24.6 Å². The minimum atomic E-state index is -3.90. The third-order valence-electron chi connectivity index (χ3n) is 6.70. The summed E-state index contributed by atoms with van der Waals surface area (Å²) >= 11 is 0. The monoisotopic (exact) mass is 536 g/mol. The predicted molar refractivity (Wildman–Crippen MR) is 153 cm³/mol. The molecule has 3 aromatic carbocycles. The van der Waals surface area contributed by atoms with E-state index in [0.717, 1.165) is 30.1 Å². The van der Waals surface area contributed by atoms with Crippen molar-refractivity contribution in [3.63, 3.8) is 0 Å². The fourth-order valence-corrected chi connectivity index (χ4v) is 6.11. The molecule has 0 aromatic heterocycles. The van der Waals surface area contributed by atoms with Crippen LogP contribution in [0.4, 0.5) is 17.1 Å². The molecule has 0 radical (unpaired) electrons. The van der Waals surface area contributed by atoms with Gasteiger partial charge in [0.1, 0.15) is 10.6 Å². The highest BCUT2D eigenvalue weighted by atomic mass is 32.2. The van der Waals surface area contributed by atoms with Crippen LogP contribution in [0.5, 0.6) is 5.75 Å². The van der Waals surface area contributed by atoms with E-state index in [-0.39, 0.29) is 10.8 Å². The maximum atomic E-state index is 13.7. The maximum Gasteiger partial charge on any atom is 0.243 e. The molecule has 0 bridgehead atoms. The van der Waals surface area contributed by atoms with Crippen molar-refractivity contribution in [1.82, 2.24) is 4.72 Å². The molecular weight excluding hydrogens is 500 g/mol. The van der Waals surface area contributed by atoms with E-state index in [4.69, 9.17) is 4.74 Å². The summed E-state index contributed by atoms with van der Waals surface area (Å²) in [6.07, 6.45) is 1.09. The second-order valence-electron chi connectivity index (χ2n) is 9.41. The molecule has 0 unspecified atom stereocenters. The van der Waals surface area contributed by atoms with Crippen LogP contribution in [0.2, 0.25) is 0 Å². The molecule has 8 nitrogen and oxygen atoms in total. The Labute approximate surface area is 225 Å². The number of piperazine rings is 1. The fourth-order valence-electron chi connectivity index (χ4n) is 4.62. The van der Waals surface area contributed by atoms with Crippen molar-refractivity contribution in [1.29, 1.82) is 0 Å². The Kier molecular flexibility index (Phi) is 8.91. The molecule has 3 aromatic rings. The summed E-state index contributed by atoms with van der Waals surface area (Å²) in [7, 11) is -2.25. The third-order valence-corrected chi connectivity index (χ3v) is 8.27. The van der Waals surface area contributed by atoms with E-state index in [9.17, 15) is 13.2 Å². The van der Waals surface area contributed by atoms with Gasteiger partial charge in [-0.3, -0.25) is 4.79 Å². The molecule has 1 aliphatic rings. The Morgan fingerprint density at radius 2 is 1.61 bits per heavy atom. The lowest BCUT2D eigenvalue weighted by Gasteiger charge is -2.38. The van der Waals surface area contributed by atoms with Gasteiger partial charge in [-0.1, -0.05) is 37.3 Å². The van der Waals surface area contributed by atoms with Crippen LogP contribution in [0.25, 0.3) is 0 Å². The van der Waals surface area contributed by atoms with Crippen molar-refractivity contribution in [2.45, 2.75) is 37.6 Å². The second kappa shape index (κ2) is 12.3. The van der Waals surface area contributed by atoms with E-state index in [1.165, 1.54) is 0 Å². The molecule has 9 heteroatoms. The topological polar surface area (TPSA) is 91.0 Å². The minimum absolute atomic E-state index is 0.137. The number of anilines is 3. The molecule has 1 atom stereocenters. The number of amides is 1. The van der Waals surface area contributed by atoms with Crippen molar-refractivity contribution in [2.24, 2.45) is 0 Å². The Morgan fingerprint density at radius 1 is 0.947 bits per heavy atom. The van der Waals surface area contributed by atoms with Gasteiger partial charge in [0, 0.05) is 50.0 Å². The molecule has 1 saturated heterocycles. The van der Waals surface area contributed by atoms with E-state index >= 15 is 0 Å². The number of carbonyl (C=O) groups excluding carboxylic acids is 1. The van der Waals surface area contributed by atoms with Gasteiger partial charge in [0.2, 0.25) is 15.9 Å². The Hall–Kier alpha value is -3.56. The van der Waals surface area contributed by atoms with Crippen LogP contribution in [0.3, 0.4) is 0 Å². The lowest BCUT2D eigenvalue weighted by Crippen LogP contribution is -2.47. The van der Waals surface area contributed by atoms with Crippen molar-refractivity contribution in [2.75, 3.05) is 48.4 Å². The number of sulfonamides is 1. The lowest BCUT2D eigenvalue weighted by molar-refractivity contribution is -0.116. The highest BCUT2D eigenvalue weighted by Crippen LogP contribution is 2.31. The summed E-state index contributed by atoms with van der Waals surface area (Å²) in [5.41, 5.74) is 3.07. The van der Waals surface area contributed by atoms with Crippen molar-refractivity contribution >= 4 is 33.0 Å². The number of hydrogen-bond donors (Lipinski definition) is 2. The normalized spacial score (nSPS) is 14.7. The van der Waals surface area contributed by atoms with Gasteiger partial charge < -0.3 is 19.9 Å². The van der Waals surface area contributed by atoms with Gasteiger partial charge in [0.05, 0.1) is 12.8 Å². The molecule has 1 fully saturated rings.